The summed E-state index contributed by atoms with van der Waals surface area (Å²) >= 11 is 7.07. The Morgan fingerprint density at radius 2 is 2.33 bits per heavy atom. The van der Waals surface area contributed by atoms with Crippen LogP contribution in [-0.4, -0.2) is 15.2 Å². The number of hydrogen-bond acceptors (Lipinski definition) is 3. The first kappa shape index (κ1) is 7.57. The van der Waals surface area contributed by atoms with E-state index in [-0.39, 0.29) is 5.69 Å². The summed E-state index contributed by atoms with van der Waals surface area (Å²) in [5, 5.41) is 6.04. The molecule has 0 saturated heterocycles. The number of H-pyrrole nitrogens is 2. The zero-order valence-corrected chi connectivity index (χ0v) is 7.37. The second-order valence-electron chi connectivity index (χ2n) is 2.13. The van der Waals surface area contributed by atoms with E-state index < -0.39 is 0 Å². The van der Waals surface area contributed by atoms with Crippen LogP contribution in [0.2, 0.25) is 4.34 Å². The van der Waals surface area contributed by atoms with E-state index >= 15 is 0 Å². The van der Waals surface area contributed by atoms with Crippen molar-refractivity contribution in [2.45, 2.75) is 0 Å². The summed E-state index contributed by atoms with van der Waals surface area (Å²) in [5.41, 5.74) is -0.311. The fraction of sp³-hybridized carbons (Fsp3) is 0. The van der Waals surface area contributed by atoms with Gasteiger partial charge in [-0.15, -0.1) is 11.3 Å². The molecule has 2 rings (SSSR count). The highest BCUT2D eigenvalue weighted by Crippen LogP contribution is 2.27. The number of rotatable bonds is 1. The molecule has 62 valence electrons. The Morgan fingerprint density at radius 3 is 2.83 bits per heavy atom. The number of aromatic nitrogens is 3. The van der Waals surface area contributed by atoms with Gasteiger partial charge in [-0.2, -0.15) is 5.10 Å². The number of halogens is 1. The van der Waals surface area contributed by atoms with Crippen LogP contribution in [0.15, 0.2) is 16.9 Å². The van der Waals surface area contributed by atoms with Crippen LogP contribution in [0.25, 0.3) is 10.7 Å². The molecule has 2 heterocycles. The maximum absolute atomic E-state index is 10.7. The molecule has 0 fully saturated rings. The van der Waals surface area contributed by atoms with E-state index in [1.807, 2.05) is 0 Å². The van der Waals surface area contributed by atoms with E-state index in [1.165, 1.54) is 11.3 Å². The molecule has 0 amide bonds. The molecular weight excluding hydrogens is 198 g/mol. The first-order valence-corrected chi connectivity index (χ1v) is 4.35. The van der Waals surface area contributed by atoms with Gasteiger partial charge in [0.15, 0.2) is 5.82 Å². The summed E-state index contributed by atoms with van der Waals surface area (Å²) in [7, 11) is 0. The lowest BCUT2D eigenvalue weighted by Crippen LogP contribution is -2.00. The highest BCUT2D eigenvalue weighted by Gasteiger charge is 2.04. The maximum atomic E-state index is 10.7. The third-order valence-electron chi connectivity index (χ3n) is 1.31. The number of hydrogen-bond donors (Lipinski definition) is 2. The molecule has 0 radical (unpaired) electrons. The van der Waals surface area contributed by atoms with Crippen LogP contribution in [0.5, 0.6) is 0 Å². The molecule has 0 atom stereocenters. The van der Waals surface area contributed by atoms with Gasteiger partial charge in [0, 0.05) is 0 Å². The second kappa shape index (κ2) is 2.76. The van der Waals surface area contributed by atoms with E-state index in [9.17, 15) is 4.79 Å². The Labute approximate surface area is 76.2 Å². The van der Waals surface area contributed by atoms with Gasteiger partial charge in [0.1, 0.15) is 0 Å². The summed E-state index contributed by atoms with van der Waals surface area (Å²) in [6.07, 6.45) is 0. The van der Waals surface area contributed by atoms with Gasteiger partial charge >= 0.3 is 5.69 Å². The Morgan fingerprint density at radius 1 is 1.50 bits per heavy atom. The van der Waals surface area contributed by atoms with Crippen molar-refractivity contribution in [3.63, 3.8) is 0 Å². The Hall–Kier alpha value is -1.07. The van der Waals surface area contributed by atoms with Crippen molar-refractivity contribution in [2.75, 3.05) is 0 Å². The van der Waals surface area contributed by atoms with Gasteiger partial charge in [0.05, 0.1) is 9.21 Å². The molecule has 0 spiro atoms. The summed E-state index contributed by atoms with van der Waals surface area (Å²) in [6.45, 7) is 0. The van der Waals surface area contributed by atoms with Gasteiger partial charge in [-0.3, -0.25) is 4.98 Å². The molecule has 0 aliphatic rings. The lowest BCUT2D eigenvalue weighted by Gasteiger charge is -1.83. The molecule has 6 heteroatoms. The zero-order valence-electron chi connectivity index (χ0n) is 5.80. The number of aromatic amines is 2. The lowest BCUT2D eigenvalue weighted by molar-refractivity contribution is 1.05. The third-order valence-corrected chi connectivity index (χ3v) is 2.55. The fourth-order valence-corrected chi connectivity index (χ4v) is 1.82. The first-order chi connectivity index (χ1) is 5.75. The fourth-order valence-electron chi connectivity index (χ4n) is 0.828. The van der Waals surface area contributed by atoms with Gasteiger partial charge < -0.3 is 0 Å². The van der Waals surface area contributed by atoms with Gasteiger partial charge in [-0.1, -0.05) is 11.6 Å². The van der Waals surface area contributed by atoms with Crippen molar-refractivity contribution >= 4 is 22.9 Å². The third kappa shape index (κ3) is 1.28. The van der Waals surface area contributed by atoms with E-state index in [4.69, 9.17) is 11.6 Å². The van der Waals surface area contributed by atoms with Crippen molar-refractivity contribution in [1.82, 2.24) is 15.2 Å². The molecule has 12 heavy (non-hydrogen) atoms. The van der Waals surface area contributed by atoms with Crippen LogP contribution in [0.1, 0.15) is 0 Å². The molecule has 0 saturated carbocycles. The van der Waals surface area contributed by atoms with Crippen LogP contribution in [0, 0.1) is 0 Å². The molecule has 2 aromatic heterocycles. The predicted octanol–water partition coefficient (Wildman–Crippen LogP) is 1.48. The van der Waals surface area contributed by atoms with Crippen molar-refractivity contribution in [3.05, 3.63) is 27.0 Å². The molecule has 0 unspecified atom stereocenters. The van der Waals surface area contributed by atoms with Gasteiger partial charge in [-0.25, -0.2) is 9.89 Å². The lowest BCUT2D eigenvalue weighted by atomic mass is 10.4. The minimum Gasteiger partial charge on any atom is -0.288 e. The number of thiophene rings is 1. The molecule has 0 aromatic carbocycles. The van der Waals surface area contributed by atoms with E-state index in [0.29, 0.717) is 10.2 Å². The average molecular weight is 202 g/mol. The van der Waals surface area contributed by atoms with Crippen LogP contribution in [-0.2, 0) is 0 Å². The van der Waals surface area contributed by atoms with Crippen molar-refractivity contribution in [3.8, 4) is 10.7 Å². The number of nitrogens with one attached hydrogen (secondary N) is 2. The molecule has 0 bridgehead atoms. The average Bonchev–Trinajstić information content (AvgIpc) is 2.58. The van der Waals surface area contributed by atoms with Gasteiger partial charge in [-0.05, 0) is 12.1 Å². The monoisotopic (exact) mass is 201 g/mol. The van der Waals surface area contributed by atoms with Gasteiger partial charge in [0.2, 0.25) is 0 Å². The van der Waals surface area contributed by atoms with Crippen molar-refractivity contribution < 1.29 is 0 Å². The van der Waals surface area contributed by atoms with Crippen LogP contribution in [0.3, 0.4) is 0 Å². The van der Waals surface area contributed by atoms with E-state index in [2.05, 4.69) is 15.2 Å². The van der Waals surface area contributed by atoms with Gasteiger partial charge in [0.25, 0.3) is 0 Å². The molecule has 0 aliphatic carbocycles. The SMILES string of the molecule is O=c1[nH]nc(-c2ccc(Cl)s2)[nH]1. The van der Waals surface area contributed by atoms with Crippen LogP contribution < -0.4 is 5.69 Å². The highest BCUT2D eigenvalue weighted by atomic mass is 35.5. The first-order valence-electron chi connectivity index (χ1n) is 3.16. The highest BCUT2D eigenvalue weighted by molar-refractivity contribution is 7.19. The minimum absolute atomic E-state index is 0.311. The molecule has 2 N–H and O–H groups in total. The van der Waals surface area contributed by atoms with Crippen molar-refractivity contribution in [1.29, 1.82) is 0 Å². The Bertz CT molecular complexity index is 443. The number of nitrogens with zero attached hydrogens (tertiary/aromatic N) is 1. The van der Waals surface area contributed by atoms with Crippen LogP contribution >= 0.6 is 22.9 Å². The minimum atomic E-state index is -0.311. The molecule has 4 nitrogen and oxygen atoms in total. The molecule has 2 aromatic rings. The summed E-state index contributed by atoms with van der Waals surface area (Å²) in [4.78, 5) is 14.0. The van der Waals surface area contributed by atoms with Crippen LogP contribution in [0.4, 0.5) is 0 Å². The Kier molecular flexibility index (Phi) is 1.74. The predicted molar refractivity (Wildman–Crippen MR) is 47.5 cm³/mol. The summed E-state index contributed by atoms with van der Waals surface area (Å²) in [5.74, 6) is 0.525. The zero-order chi connectivity index (χ0) is 8.55. The quantitative estimate of drug-likeness (QED) is 0.734. The summed E-state index contributed by atoms with van der Waals surface area (Å²) in [6, 6.07) is 3.56. The summed E-state index contributed by atoms with van der Waals surface area (Å²) < 4.78 is 0.675. The van der Waals surface area contributed by atoms with E-state index in [1.54, 1.807) is 12.1 Å². The molecular formula is C6H4ClN3OS. The Balaban J connectivity index is 2.50. The maximum Gasteiger partial charge on any atom is 0.340 e. The normalized spacial score (nSPS) is 10.4. The standard InChI is InChI=1S/C6H4ClN3OS/c7-4-2-1-3(12-4)5-8-6(11)10-9-5/h1-2H,(H2,8,9,10,11). The topological polar surface area (TPSA) is 61.5 Å². The smallest absolute Gasteiger partial charge is 0.288 e. The second-order valence-corrected chi connectivity index (χ2v) is 3.85. The van der Waals surface area contributed by atoms with Crippen molar-refractivity contribution in [2.24, 2.45) is 0 Å². The largest absolute Gasteiger partial charge is 0.340 e. The molecule has 0 aliphatic heterocycles. The van der Waals surface area contributed by atoms with E-state index in [0.717, 1.165) is 4.88 Å².